The molecule has 7 nitrogen and oxygen atoms in total. The van der Waals surface area contributed by atoms with Crippen molar-refractivity contribution in [1.29, 1.82) is 0 Å². The Balaban J connectivity index is 1.66. The van der Waals surface area contributed by atoms with E-state index in [1.165, 1.54) is 11.3 Å². The van der Waals surface area contributed by atoms with Gasteiger partial charge in [0.05, 0.1) is 16.3 Å². The number of amides is 1. The summed E-state index contributed by atoms with van der Waals surface area (Å²) in [5.41, 5.74) is 2.23. The van der Waals surface area contributed by atoms with Gasteiger partial charge in [0.25, 0.3) is 5.91 Å². The quantitative estimate of drug-likeness (QED) is 0.688. The molecular formula is C20H23N5O2S. The third-order valence-corrected chi connectivity index (χ3v) is 6.11. The Hall–Kier alpha value is -2.58. The number of hydrogen-bond donors (Lipinski definition) is 2. The number of aryl methyl sites for hydroxylation is 1. The molecule has 0 aliphatic carbocycles. The Morgan fingerprint density at radius 2 is 2.32 bits per heavy atom. The van der Waals surface area contributed by atoms with Gasteiger partial charge in [-0.05, 0) is 38.0 Å². The van der Waals surface area contributed by atoms with E-state index in [1.54, 1.807) is 17.3 Å². The fourth-order valence-corrected chi connectivity index (χ4v) is 4.42. The molecule has 8 heteroatoms. The number of carbonyl (C=O) groups is 1. The molecule has 0 unspecified atom stereocenters. The molecule has 0 spiro atoms. The molecule has 2 atom stereocenters. The SMILES string of the molecule is Cc1cc2nc(N[C@@H](C)c3cccnc3)nc(C(=O)N3CC[C@H](CO)C3)c2s1. The van der Waals surface area contributed by atoms with Crippen LogP contribution in [0.1, 0.15) is 40.3 Å². The lowest BCUT2D eigenvalue weighted by Gasteiger charge is -2.18. The Morgan fingerprint density at radius 1 is 1.46 bits per heavy atom. The van der Waals surface area contributed by atoms with Crippen molar-refractivity contribution < 1.29 is 9.90 Å². The zero-order valence-corrected chi connectivity index (χ0v) is 16.7. The fraction of sp³-hybridized carbons (Fsp3) is 0.400. The minimum Gasteiger partial charge on any atom is -0.396 e. The first-order valence-corrected chi connectivity index (χ1v) is 10.2. The van der Waals surface area contributed by atoms with Gasteiger partial charge in [0.1, 0.15) is 0 Å². The van der Waals surface area contributed by atoms with Crippen LogP contribution < -0.4 is 5.32 Å². The first kappa shape index (κ1) is 18.8. The highest BCUT2D eigenvalue weighted by Crippen LogP contribution is 2.30. The van der Waals surface area contributed by atoms with Crippen molar-refractivity contribution in [1.82, 2.24) is 19.9 Å². The predicted octanol–water partition coefficient (Wildman–Crippen LogP) is 3.02. The second kappa shape index (κ2) is 7.81. The van der Waals surface area contributed by atoms with Crippen molar-refractivity contribution in [3.8, 4) is 0 Å². The summed E-state index contributed by atoms with van der Waals surface area (Å²) >= 11 is 1.54. The summed E-state index contributed by atoms with van der Waals surface area (Å²) < 4.78 is 0.814. The molecule has 1 amide bonds. The van der Waals surface area contributed by atoms with Gasteiger partial charge in [-0.3, -0.25) is 9.78 Å². The molecule has 1 fully saturated rings. The summed E-state index contributed by atoms with van der Waals surface area (Å²) in [5, 5.41) is 12.7. The van der Waals surface area contributed by atoms with E-state index in [-0.39, 0.29) is 24.5 Å². The molecule has 1 saturated heterocycles. The number of thiophene rings is 1. The molecule has 4 heterocycles. The van der Waals surface area contributed by atoms with Crippen LogP contribution in [0.5, 0.6) is 0 Å². The van der Waals surface area contributed by atoms with Crippen LogP contribution in [0.4, 0.5) is 5.95 Å². The van der Waals surface area contributed by atoms with Gasteiger partial charge < -0.3 is 15.3 Å². The van der Waals surface area contributed by atoms with Crippen molar-refractivity contribution in [3.63, 3.8) is 0 Å². The number of carbonyl (C=O) groups excluding carboxylic acids is 1. The number of aromatic nitrogens is 3. The van der Waals surface area contributed by atoms with Gasteiger partial charge >= 0.3 is 0 Å². The van der Waals surface area contributed by atoms with Gasteiger partial charge in [0.2, 0.25) is 5.95 Å². The largest absolute Gasteiger partial charge is 0.396 e. The molecule has 1 aliphatic heterocycles. The van der Waals surface area contributed by atoms with E-state index in [9.17, 15) is 9.90 Å². The average molecular weight is 398 g/mol. The fourth-order valence-electron chi connectivity index (χ4n) is 3.48. The zero-order valence-electron chi connectivity index (χ0n) is 15.9. The van der Waals surface area contributed by atoms with Gasteiger partial charge in [-0.1, -0.05) is 6.07 Å². The molecule has 0 saturated carbocycles. The zero-order chi connectivity index (χ0) is 19.7. The molecule has 0 bridgehead atoms. The van der Waals surface area contributed by atoms with Crippen molar-refractivity contribution in [2.45, 2.75) is 26.3 Å². The van der Waals surface area contributed by atoms with Crippen LogP contribution in [-0.4, -0.2) is 50.6 Å². The van der Waals surface area contributed by atoms with Gasteiger partial charge in [-0.2, -0.15) is 0 Å². The number of likely N-dealkylation sites (tertiary alicyclic amines) is 1. The molecule has 4 rings (SSSR count). The maximum absolute atomic E-state index is 13.2. The van der Waals surface area contributed by atoms with Crippen LogP contribution in [-0.2, 0) is 0 Å². The first-order valence-electron chi connectivity index (χ1n) is 9.40. The van der Waals surface area contributed by atoms with Crippen LogP contribution in [0.15, 0.2) is 30.6 Å². The molecule has 0 radical (unpaired) electrons. The molecule has 2 N–H and O–H groups in total. The molecule has 0 aromatic carbocycles. The highest BCUT2D eigenvalue weighted by Gasteiger charge is 2.29. The van der Waals surface area contributed by atoms with E-state index in [2.05, 4.69) is 20.3 Å². The topological polar surface area (TPSA) is 91.2 Å². The maximum atomic E-state index is 13.2. The van der Waals surface area contributed by atoms with Gasteiger partial charge in [0.15, 0.2) is 5.69 Å². The Bertz CT molecular complexity index is 991. The first-order chi connectivity index (χ1) is 13.5. The maximum Gasteiger partial charge on any atom is 0.274 e. The molecule has 3 aromatic heterocycles. The Labute approximate surface area is 167 Å². The van der Waals surface area contributed by atoms with Crippen molar-refractivity contribution in [3.05, 3.63) is 46.7 Å². The van der Waals surface area contributed by atoms with Crippen LogP contribution >= 0.6 is 11.3 Å². The number of pyridine rings is 1. The summed E-state index contributed by atoms with van der Waals surface area (Å²) in [4.78, 5) is 29.4. The van der Waals surface area contributed by atoms with Gasteiger partial charge in [-0.15, -0.1) is 11.3 Å². The second-order valence-corrected chi connectivity index (χ2v) is 8.46. The van der Waals surface area contributed by atoms with E-state index < -0.39 is 0 Å². The van der Waals surface area contributed by atoms with Crippen LogP contribution in [0.25, 0.3) is 10.2 Å². The minimum atomic E-state index is -0.0951. The van der Waals surface area contributed by atoms with Crippen molar-refractivity contribution in [2.24, 2.45) is 5.92 Å². The Kier molecular flexibility index (Phi) is 5.23. The minimum absolute atomic E-state index is 0.0422. The normalized spacial score (nSPS) is 17.8. The number of aliphatic hydroxyl groups excluding tert-OH is 1. The van der Waals surface area contributed by atoms with E-state index in [0.717, 1.165) is 27.1 Å². The number of anilines is 1. The standard InChI is InChI=1S/C20H23N5O2S/c1-12-8-16-18(28-12)17(19(27)25-7-5-14(10-25)11-26)24-20(23-16)22-13(2)15-4-3-6-21-9-15/h3-4,6,8-9,13-14,26H,5,7,10-11H2,1-2H3,(H,22,23,24)/t13-,14-/m0/s1. The van der Waals surface area contributed by atoms with Crippen LogP contribution in [0.3, 0.4) is 0 Å². The van der Waals surface area contributed by atoms with Crippen LogP contribution in [0, 0.1) is 12.8 Å². The molecular weight excluding hydrogens is 374 g/mol. The van der Waals surface area contributed by atoms with Gasteiger partial charge in [0, 0.05) is 42.9 Å². The number of hydrogen-bond acceptors (Lipinski definition) is 7. The van der Waals surface area contributed by atoms with Crippen LogP contribution in [0.2, 0.25) is 0 Å². The second-order valence-electron chi connectivity index (χ2n) is 7.21. The number of fused-ring (bicyclic) bond motifs is 1. The lowest BCUT2D eigenvalue weighted by molar-refractivity contribution is 0.0778. The van der Waals surface area contributed by atoms with E-state index >= 15 is 0 Å². The lowest BCUT2D eigenvalue weighted by atomic mass is 10.1. The average Bonchev–Trinajstić information content (AvgIpc) is 3.33. The van der Waals surface area contributed by atoms with E-state index in [0.29, 0.717) is 24.7 Å². The summed E-state index contributed by atoms with van der Waals surface area (Å²) in [7, 11) is 0. The molecule has 1 aliphatic rings. The summed E-state index contributed by atoms with van der Waals surface area (Å²) in [6.07, 6.45) is 4.36. The predicted molar refractivity (Wildman–Crippen MR) is 110 cm³/mol. The smallest absolute Gasteiger partial charge is 0.274 e. The van der Waals surface area contributed by atoms with E-state index in [4.69, 9.17) is 0 Å². The monoisotopic (exact) mass is 397 g/mol. The highest BCUT2D eigenvalue weighted by molar-refractivity contribution is 7.19. The van der Waals surface area contributed by atoms with E-state index in [1.807, 2.05) is 32.0 Å². The summed E-state index contributed by atoms with van der Waals surface area (Å²) in [6, 6.07) is 5.82. The number of nitrogens with one attached hydrogen (secondary N) is 1. The third kappa shape index (κ3) is 3.70. The third-order valence-electron chi connectivity index (χ3n) is 5.06. The summed E-state index contributed by atoms with van der Waals surface area (Å²) in [6.45, 7) is 5.34. The lowest BCUT2D eigenvalue weighted by Crippen LogP contribution is -2.30. The van der Waals surface area contributed by atoms with Crippen molar-refractivity contribution >= 4 is 33.4 Å². The Morgan fingerprint density at radius 3 is 3.04 bits per heavy atom. The molecule has 28 heavy (non-hydrogen) atoms. The summed E-state index contributed by atoms with van der Waals surface area (Å²) in [5.74, 6) is 0.486. The number of nitrogens with zero attached hydrogens (tertiary/aromatic N) is 4. The highest BCUT2D eigenvalue weighted by atomic mass is 32.1. The number of aliphatic hydroxyl groups is 1. The molecule has 3 aromatic rings. The van der Waals surface area contributed by atoms with Gasteiger partial charge in [-0.25, -0.2) is 9.97 Å². The molecule has 146 valence electrons. The number of rotatable bonds is 5. The van der Waals surface area contributed by atoms with Crippen molar-refractivity contribution in [2.75, 3.05) is 25.0 Å².